The van der Waals surface area contributed by atoms with E-state index < -0.39 is 0 Å². The van der Waals surface area contributed by atoms with Crippen molar-refractivity contribution in [2.45, 2.75) is 17.8 Å². The average Bonchev–Trinajstić information content (AvgIpc) is 2.44. The number of nitrogens with one attached hydrogen (secondary N) is 1. The molecule has 0 heterocycles. The molecule has 1 aromatic carbocycles. The molecule has 0 fully saturated rings. The maximum Gasteiger partial charge on any atom is 0.234 e. The second kappa shape index (κ2) is 8.43. The standard InChI is InChI=1S/C13H17Br2NO3/c1-18-10-4-3-9(12(7-10)19-2)8-16-13(17)11(15)5-6-14/h3-4,7,11H,5-6,8H2,1-2H3,(H,16,17). The van der Waals surface area contributed by atoms with Crippen LogP contribution < -0.4 is 14.8 Å². The first kappa shape index (κ1) is 16.3. The predicted molar refractivity (Wildman–Crippen MR) is 82.5 cm³/mol. The fourth-order valence-electron chi connectivity index (χ4n) is 1.52. The molecule has 0 aliphatic heterocycles. The van der Waals surface area contributed by atoms with E-state index in [1.165, 1.54) is 0 Å². The molecule has 0 aliphatic carbocycles. The summed E-state index contributed by atoms with van der Waals surface area (Å²) in [6.07, 6.45) is 0.742. The Bertz CT molecular complexity index is 426. The van der Waals surface area contributed by atoms with E-state index in [0.717, 1.165) is 23.1 Å². The first-order chi connectivity index (χ1) is 9.12. The van der Waals surface area contributed by atoms with Crippen molar-refractivity contribution in [2.75, 3.05) is 19.5 Å². The van der Waals surface area contributed by atoms with Crippen LogP contribution >= 0.6 is 31.9 Å². The average molecular weight is 395 g/mol. The normalized spacial score (nSPS) is 11.8. The molecule has 0 spiro atoms. The summed E-state index contributed by atoms with van der Waals surface area (Å²) in [7, 11) is 3.20. The van der Waals surface area contributed by atoms with Crippen molar-refractivity contribution in [3.63, 3.8) is 0 Å². The molecule has 0 aromatic heterocycles. The van der Waals surface area contributed by atoms with Crippen LogP contribution in [0.25, 0.3) is 0 Å². The van der Waals surface area contributed by atoms with E-state index in [0.29, 0.717) is 12.3 Å². The van der Waals surface area contributed by atoms with Gasteiger partial charge in [-0.05, 0) is 18.6 Å². The molecular formula is C13H17Br2NO3. The van der Waals surface area contributed by atoms with Crippen LogP contribution in [-0.2, 0) is 11.3 Å². The van der Waals surface area contributed by atoms with Gasteiger partial charge in [-0.25, -0.2) is 0 Å². The molecule has 0 saturated carbocycles. The third-order valence-electron chi connectivity index (χ3n) is 2.59. The first-order valence-electron chi connectivity index (χ1n) is 5.81. The van der Waals surface area contributed by atoms with Crippen molar-refractivity contribution in [1.82, 2.24) is 5.32 Å². The van der Waals surface area contributed by atoms with Crippen molar-refractivity contribution in [1.29, 1.82) is 0 Å². The van der Waals surface area contributed by atoms with E-state index in [9.17, 15) is 4.79 Å². The number of amides is 1. The minimum Gasteiger partial charge on any atom is -0.497 e. The Morgan fingerprint density at radius 2 is 2.11 bits per heavy atom. The molecule has 0 bridgehead atoms. The van der Waals surface area contributed by atoms with E-state index >= 15 is 0 Å². The third-order valence-corrected chi connectivity index (χ3v) is 3.93. The van der Waals surface area contributed by atoms with Gasteiger partial charge in [-0.15, -0.1) is 0 Å². The Labute approximate surface area is 130 Å². The van der Waals surface area contributed by atoms with Crippen LogP contribution in [0.3, 0.4) is 0 Å². The summed E-state index contributed by atoms with van der Waals surface area (Å²) in [6.45, 7) is 0.427. The Morgan fingerprint density at radius 1 is 1.37 bits per heavy atom. The van der Waals surface area contributed by atoms with Gasteiger partial charge >= 0.3 is 0 Å². The number of hydrogen-bond donors (Lipinski definition) is 1. The van der Waals surface area contributed by atoms with Gasteiger partial charge in [0.25, 0.3) is 0 Å². The molecule has 1 rings (SSSR count). The molecule has 1 aromatic rings. The SMILES string of the molecule is COc1ccc(CNC(=O)C(Br)CCBr)c(OC)c1. The van der Waals surface area contributed by atoms with E-state index in [2.05, 4.69) is 37.2 Å². The van der Waals surface area contributed by atoms with Crippen molar-refractivity contribution in [2.24, 2.45) is 0 Å². The minimum absolute atomic E-state index is 0.0303. The number of halogens is 2. The molecule has 1 atom stereocenters. The molecule has 1 amide bonds. The van der Waals surface area contributed by atoms with Crippen LogP contribution in [-0.4, -0.2) is 30.3 Å². The highest BCUT2D eigenvalue weighted by Crippen LogP contribution is 2.24. The number of alkyl halides is 2. The lowest BCUT2D eigenvalue weighted by atomic mass is 10.2. The quantitative estimate of drug-likeness (QED) is 0.723. The highest BCUT2D eigenvalue weighted by atomic mass is 79.9. The van der Waals surface area contributed by atoms with Gasteiger partial charge in [0.05, 0.1) is 19.0 Å². The number of rotatable bonds is 7. The van der Waals surface area contributed by atoms with Gasteiger partial charge in [0, 0.05) is 23.5 Å². The van der Waals surface area contributed by atoms with Crippen LogP contribution in [0.5, 0.6) is 11.5 Å². The van der Waals surface area contributed by atoms with Crippen molar-refractivity contribution < 1.29 is 14.3 Å². The zero-order chi connectivity index (χ0) is 14.3. The van der Waals surface area contributed by atoms with Crippen molar-refractivity contribution in [3.05, 3.63) is 23.8 Å². The molecule has 6 heteroatoms. The molecule has 0 saturated heterocycles. The lowest BCUT2D eigenvalue weighted by Gasteiger charge is -2.13. The zero-order valence-corrected chi connectivity index (χ0v) is 14.1. The molecule has 0 aliphatic rings. The summed E-state index contributed by atoms with van der Waals surface area (Å²) in [6, 6.07) is 5.52. The monoisotopic (exact) mass is 393 g/mol. The molecule has 0 radical (unpaired) electrons. The molecule has 1 unspecified atom stereocenters. The summed E-state index contributed by atoms with van der Waals surface area (Å²) in [5.41, 5.74) is 0.912. The van der Waals surface area contributed by atoms with Gasteiger partial charge in [0.1, 0.15) is 11.5 Å². The topological polar surface area (TPSA) is 47.6 Å². The number of carbonyl (C=O) groups is 1. The summed E-state index contributed by atoms with van der Waals surface area (Å²) in [4.78, 5) is 11.6. The van der Waals surface area contributed by atoms with Gasteiger partial charge in [-0.2, -0.15) is 0 Å². The first-order valence-corrected chi connectivity index (χ1v) is 7.84. The van der Waals surface area contributed by atoms with Gasteiger partial charge in [0.2, 0.25) is 5.91 Å². The Balaban J connectivity index is 2.64. The van der Waals surface area contributed by atoms with E-state index in [1.807, 2.05) is 12.1 Å². The van der Waals surface area contributed by atoms with Crippen LogP contribution in [0, 0.1) is 0 Å². The van der Waals surface area contributed by atoms with Gasteiger partial charge in [0.15, 0.2) is 0 Å². The molecular weight excluding hydrogens is 378 g/mol. The van der Waals surface area contributed by atoms with Gasteiger partial charge in [-0.3, -0.25) is 4.79 Å². The fraction of sp³-hybridized carbons (Fsp3) is 0.462. The highest BCUT2D eigenvalue weighted by molar-refractivity contribution is 9.10. The lowest BCUT2D eigenvalue weighted by molar-refractivity contribution is -0.120. The number of carbonyl (C=O) groups excluding carboxylic acids is 1. The van der Waals surface area contributed by atoms with Crippen LogP contribution in [0.4, 0.5) is 0 Å². The molecule has 4 nitrogen and oxygen atoms in total. The van der Waals surface area contributed by atoms with Gasteiger partial charge in [-0.1, -0.05) is 31.9 Å². The zero-order valence-electron chi connectivity index (χ0n) is 10.9. The maximum absolute atomic E-state index is 11.8. The van der Waals surface area contributed by atoms with Crippen molar-refractivity contribution >= 4 is 37.8 Å². The Kier molecular flexibility index (Phi) is 7.23. The predicted octanol–water partition coefficient (Wildman–Crippen LogP) is 2.87. The van der Waals surface area contributed by atoms with Gasteiger partial charge < -0.3 is 14.8 Å². The minimum atomic E-state index is -0.184. The van der Waals surface area contributed by atoms with Crippen molar-refractivity contribution in [3.8, 4) is 11.5 Å². The third kappa shape index (κ3) is 5.03. The fourth-order valence-corrected chi connectivity index (χ4v) is 2.98. The number of ether oxygens (including phenoxy) is 2. The second-order valence-electron chi connectivity index (χ2n) is 3.84. The maximum atomic E-state index is 11.8. The van der Waals surface area contributed by atoms with Crippen LogP contribution in [0.1, 0.15) is 12.0 Å². The smallest absolute Gasteiger partial charge is 0.234 e. The highest BCUT2D eigenvalue weighted by Gasteiger charge is 2.14. The molecule has 106 valence electrons. The summed E-state index contributed by atoms with van der Waals surface area (Å²) < 4.78 is 10.4. The summed E-state index contributed by atoms with van der Waals surface area (Å²) in [5.74, 6) is 1.40. The number of hydrogen-bond acceptors (Lipinski definition) is 3. The lowest BCUT2D eigenvalue weighted by Crippen LogP contribution is -2.30. The van der Waals surface area contributed by atoms with E-state index in [-0.39, 0.29) is 10.7 Å². The number of benzene rings is 1. The summed E-state index contributed by atoms with van der Waals surface area (Å²) in [5, 5.41) is 3.65. The Morgan fingerprint density at radius 3 is 2.68 bits per heavy atom. The second-order valence-corrected chi connectivity index (χ2v) is 5.74. The van der Waals surface area contributed by atoms with Crippen LogP contribution in [0.2, 0.25) is 0 Å². The summed E-state index contributed by atoms with van der Waals surface area (Å²) >= 11 is 6.65. The van der Waals surface area contributed by atoms with E-state index in [4.69, 9.17) is 9.47 Å². The largest absolute Gasteiger partial charge is 0.497 e. The molecule has 19 heavy (non-hydrogen) atoms. The van der Waals surface area contributed by atoms with Crippen LogP contribution in [0.15, 0.2) is 18.2 Å². The number of methoxy groups -OCH3 is 2. The Hall–Kier alpha value is -0.750. The van der Waals surface area contributed by atoms with E-state index in [1.54, 1.807) is 20.3 Å². The molecule has 1 N–H and O–H groups in total.